The minimum absolute atomic E-state index is 0.162. The summed E-state index contributed by atoms with van der Waals surface area (Å²) in [5, 5.41) is 12.9. The lowest BCUT2D eigenvalue weighted by Crippen LogP contribution is -2.42. The maximum absolute atomic E-state index is 12.7. The molecule has 1 aromatic heterocycles. The monoisotopic (exact) mass is 401 g/mol. The van der Waals surface area contributed by atoms with Gasteiger partial charge in [-0.3, -0.25) is 4.79 Å². The largest absolute Gasteiger partial charge is 0.493 e. The Morgan fingerprint density at radius 3 is 2.79 bits per heavy atom. The predicted octanol–water partition coefficient (Wildman–Crippen LogP) is 3.20. The summed E-state index contributed by atoms with van der Waals surface area (Å²) in [5.74, 6) is 1.82. The van der Waals surface area contributed by atoms with E-state index in [1.165, 1.54) is 24.6 Å². The third kappa shape index (κ3) is 4.84. The van der Waals surface area contributed by atoms with Crippen LogP contribution in [0.4, 0.5) is 0 Å². The van der Waals surface area contributed by atoms with Gasteiger partial charge in [0.15, 0.2) is 0 Å². The van der Waals surface area contributed by atoms with E-state index in [0.717, 1.165) is 49.7 Å². The standard InChI is InChI=1S/C20H27N5O2S/c26-19(15-28-20-21-22-23-25(20)17-8-4-5-9-17)24-12-6-7-16(13-24)14-27-18-10-2-1-3-11-18/h1-3,10-11,16-17H,4-9,12-15H2. The lowest BCUT2D eigenvalue weighted by atomic mass is 9.99. The maximum atomic E-state index is 12.7. The van der Waals surface area contributed by atoms with Gasteiger partial charge in [-0.25, -0.2) is 4.68 Å². The number of thioether (sulfide) groups is 1. The normalized spacial score (nSPS) is 20.4. The van der Waals surface area contributed by atoms with Gasteiger partial charge in [-0.05, 0) is 48.2 Å². The van der Waals surface area contributed by atoms with Crippen molar-refractivity contribution in [3.63, 3.8) is 0 Å². The predicted molar refractivity (Wildman–Crippen MR) is 107 cm³/mol. The molecule has 1 saturated carbocycles. The molecule has 2 aromatic rings. The molecule has 0 N–H and O–H groups in total. The number of carbonyl (C=O) groups is 1. The second-order valence-corrected chi connectivity index (χ2v) is 8.55. The number of para-hydroxylation sites is 1. The number of tetrazole rings is 1. The van der Waals surface area contributed by atoms with Gasteiger partial charge < -0.3 is 9.64 Å². The van der Waals surface area contributed by atoms with Gasteiger partial charge >= 0.3 is 0 Å². The molecule has 8 heteroatoms. The van der Waals surface area contributed by atoms with Gasteiger partial charge in [-0.2, -0.15) is 0 Å². The quantitative estimate of drug-likeness (QED) is 0.664. The maximum Gasteiger partial charge on any atom is 0.233 e. The Morgan fingerprint density at radius 1 is 1.14 bits per heavy atom. The van der Waals surface area contributed by atoms with Crippen molar-refractivity contribution in [1.29, 1.82) is 0 Å². The van der Waals surface area contributed by atoms with E-state index in [1.54, 1.807) is 0 Å². The molecule has 1 aliphatic carbocycles. The van der Waals surface area contributed by atoms with E-state index in [9.17, 15) is 4.79 Å². The Labute approximate surface area is 169 Å². The summed E-state index contributed by atoms with van der Waals surface area (Å²) in [6.07, 6.45) is 6.84. The number of hydrogen-bond acceptors (Lipinski definition) is 6. The molecule has 1 saturated heterocycles. The van der Waals surface area contributed by atoms with Crippen LogP contribution in [-0.4, -0.2) is 56.5 Å². The molecule has 1 atom stereocenters. The van der Waals surface area contributed by atoms with Crippen LogP contribution in [0.15, 0.2) is 35.5 Å². The van der Waals surface area contributed by atoms with E-state index in [1.807, 2.05) is 39.9 Å². The molecular weight excluding hydrogens is 374 g/mol. The number of amides is 1. The molecule has 28 heavy (non-hydrogen) atoms. The molecule has 2 aliphatic rings. The van der Waals surface area contributed by atoms with Crippen LogP contribution in [-0.2, 0) is 4.79 Å². The fourth-order valence-electron chi connectivity index (χ4n) is 4.03. The Balaban J connectivity index is 1.26. The second kappa shape index (κ2) is 9.41. The lowest BCUT2D eigenvalue weighted by molar-refractivity contribution is -0.130. The fraction of sp³-hybridized carbons (Fsp3) is 0.600. The van der Waals surface area contributed by atoms with Crippen molar-refractivity contribution in [1.82, 2.24) is 25.1 Å². The first kappa shape index (κ1) is 19.2. The van der Waals surface area contributed by atoms with Crippen LogP contribution in [0.2, 0.25) is 0 Å². The molecule has 2 heterocycles. The third-order valence-corrected chi connectivity index (χ3v) is 6.48. The first-order valence-corrected chi connectivity index (χ1v) is 11.1. The Bertz CT molecular complexity index is 763. The molecule has 0 bridgehead atoms. The highest BCUT2D eigenvalue weighted by atomic mass is 32.2. The van der Waals surface area contributed by atoms with Gasteiger partial charge in [0, 0.05) is 19.0 Å². The average molecular weight is 402 g/mol. The zero-order valence-electron chi connectivity index (χ0n) is 16.1. The third-order valence-electron chi connectivity index (χ3n) is 5.56. The molecular formula is C20H27N5O2S. The van der Waals surface area contributed by atoms with Gasteiger partial charge in [0.1, 0.15) is 5.75 Å². The van der Waals surface area contributed by atoms with Gasteiger partial charge in [0.25, 0.3) is 0 Å². The highest BCUT2D eigenvalue weighted by Crippen LogP contribution is 2.31. The van der Waals surface area contributed by atoms with E-state index < -0.39 is 0 Å². The van der Waals surface area contributed by atoms with Crippen LogP contribution in [0.25, 0.3) is 0 Å². The minimum atomic E-state index is 0.162. The van der Waals surface area contributed by atoms with E-state index in [0.29, 0.717) is 24.3 Å². The highest BCUT2D eigenvalue weighted by Gasteiger charge is 2.26. The van der Waals surface area contributed by atoms with E-state index >= 15 is 0 Å². The fourth-order valence-corrected chi connectivity index (χ4v) is 4.88. The van der Waals surface area contributed by atoms with Gasteiger partial charge in [-0.15, -0.1) is 5.10 Å². The van der Waals surface area contributed by atoms with E-state index in [4.69, 9.17) is 4.74 Å². The molecule has 1 amide bonds. The first-order valence-electron chi connectivity index (χ1n) is 10.2. The molecule has 1 unspecified atom stereocenters. The number of likely N-dealkylation sites (tertiary alicyclic amines) is 1. The van der Waals surface area contributed by atoms with Crippen molar-refractivity contribution in [3.05, 3.63) is 30.3 Å². The van der Waals surface area contributed by atoms with E-state index in [-0.39, 0.29) is 5.91 Å². The molecule has 2 fully saturated rings. The van der Waals surface area contributed by atoms with Crippen LogP contribution >= 0.6 is 11.8 Å². The number of rotatable bonds is 7. The summed E-state index contributed by atoms with van der Waals surface area (Å²) in [4.78, 5) is 14.7. The number of carbonyl (C=O) groups excluding carboxylic acids is 1. The molecule has 1 aromatic carbocycles. The summed E-state index contributed by atoms with van der Waals surface area (Å²) >= 11 is 1.46. The molecule has 4 rings (SSSR count). The smallest absolute Gasteiger partial charge is 0.233 e. The molecule has 0 radical (unpaired) electrons. The minimum Gasteiger partial charge on any atom is -0.493 e. The van der Waals surface area contributed by atoms with Crippen molar-refractivity contribution >= 4 is 17.7 Å². The van der Waals surface area contributed by atoms with Gasteiger partial charge in [0.2, 0.25) is 11.1 Å². The average Bonchev–Trinajstić information content (AvgIpc) is 3.43. The second-order valence-electron chi connectivity index (χ2n) is 7.61. The first-order chi connectivity index (χ1) is 13.8. The number of aromatic nitrogens is 4. The Hall–Kier alpha value is -2.09. The highest BCUT2D eigenvalue weighted by molar-refractivity contribution is 7.99. The zero-order chi connectivity index (χ0) is 19.2. The Morgan fingerprint density at radius 2 is 1.96 bits per heavy atom. The van der Waals surface area contributed by atoms with Crippen molar-refractivity contribution < 1.29 is 9.53 Å². The summed E-state index contributed by atoms with van der Waals surface area (Å²) in [7, 11) is 0. The van der Waals surface area contributed by atoms with Crippen molar-refractivity contribution in [2.75, 3.05) is 25.4 Å². The zero-order valence-corrected chi connectivity index (χ0v) is 16.9. The summed E-state index contributed by atoms with van der Waals surface area (Å²) < 4.78 is 7.81. The van der Waals surface area contributed by atoms with Crippen LogP contribution in [0, 0.1) is 5.92 Å². The summed E-state index contributed by atoms with van der Waals surface area (Å²) in [6, 6.07) is 10.3. The van der Waals surface area contributed by atoms with Crippen LogP contribution < -0.4 is 4.74 Å². The van der Waals surface area contributed by atoms with Crippen LogP contribution in [0.5, 0.6) is 5.75 Å². The lowest BCUT2D eigenvalue weighted by Gasteiger charge is -2.32. The summed E-state index contributed by atoms with van der Waals surface area (Å²) in [6.45, 7) is 2.25. The van der Waals surface area contributed by atoms with Gasteiger partial charge in [0.05, 0.1) is 18.4 Å². The number of piperidine rings is 1. The van der Waals surface area contributed by atoms with Crippen molar-refractivity contribution in [2.24, 2.45) is 5.92 Å². The molecule has 7 nitrogen and oxygen atoms in total. The number of benzene rings is 1. The number of nitrogens with zero attached hydrogens (tertiary/aromatic N) is 5. The SMILES string of the molecule is O=C(CSc1nnnn1C1CCCC1)N1CCCC(COc2ccccc2)C1. The van der Waals surface area contributed by atoms with Crippen molar-refractivity contribution in [3.8, 4) is 5.75 Å². The van der Waals surface area contributed by atoms with Crippen molar-refractivity contribution in [2.45, 2.75) is 49.7 Å². The van der Waals surface area contributed by atoms with Crippen LogP contribution in [0.1, 0.15) is 44.6 Å². The molecule has 0 spiro atoms. The topological polar surface area (TPSA) is 73.1 Å². The van der Waals surface area contributed by atoms with Crippen LogP contribution in [0.3, 0.4) is 0 Å². The number of hydrogen-bond donors (Lipinski definition) is 0. The Kier molecular flexibility index (Phi) is 6.46. The van der Waals surface area contributed by atoms with Gasteiger partial charge in [-0.1, -0.05) is 42.8 Å². The van der Waals surface area contributed by atoms with E-state index in [2.05, 4.69) is 15.5 Å². The summed E-state index contributed by atoms with van der Waals surface area (Å²) in [5.41, 5.74) is 0. The molecule has 150 valence electrons. The molecule has 1 aliphatic heterocycles. The number of ether oxygens (including phenoxy) is 1.